The Morgan fingerprint density at radius 2 is 1.70 bits per heavy atom. The molecule has 0 saturated heterocycles. The number of rotatable bonds is 14. The fourth-order valence-electron chi connectivity index (χ4n) is 4.32. The van der Waals surface area contributed by atoms with Gasteiger partial charge < -0.3 is 25.4 Å². The van der Waals surface area contributed by atoms with E-state index in [0.717, 1.165) is 48.8 Å². The molecule has 0 radical (unpaired) electrons. The Bertz CT molecular complexity index is 881. The SMILES string of the molecule is CCCCCCN(C(=O)C(CO)NC(=O)OC(C)(C)C)C(C(=O)NC(C)CCC)c1ccc(C)cc1C. The van der Waals surface area contributed by atoms with Crippen molar-refractivity contribution in [3.8, 4) is 0 Å². The minimum atomic E-state index is -1.24. The Morgan fingerprint density at radius 1 is 1.03 bits per heavy atom. The maximum absolute atomic E-state index is 13.9. The van der Waals surface area contributed by atoms with Crippen LogP contribution in [0.5, 0.6) is 0 Å². The number of carbonyl (C=O) groups is 3. The van der Waals surface area contributed by atoms with Crippen LogP contribution in [0.2, 0.25) is 0 Å². The standard InChI is InChI=1S/C29H49N3O5/c1-9-11-12-13-17-32(27(35)24(19-33)31-28(36)37-29(6,7)8)25(26(34)30-22(5)14-10-2)23-16-15-20(3)18-21(23)4/h15-16,18,22,24-25,33H,9-14,17,19H2,1-8H3,(H,30,34)(H,31,36). The number of hydrogen-bond acceptors (Lipinski definition) is 5. The highest BCUT2D eigenvalue weighted by atomic mass is 16.6. The number of nitrogens with one attached hydrogen (secondary N) is 2. The van der Waals surface area contributed by atoms with Crippen LogP contribution >= 0.6 is 0 Å². The zero-order valence-electron chi connectivity index (χ0n) is 24.1. The van der Waals surface area contributed by atoms with Gasteiger partial charge in [0.2, 0.25) is 11.8 Å². The van der Waals surface area contributed by atoms with Crippen LogP contribution in [0.3, 0.4) is 0 Å². The Kier molecular flexibility index (Phi) is 13.7. The zero-order chi connectivity index (χ0) is 28.2. The summed E-state index contributed by atoms with van der Waals surface area (Å²) in [5, 5.41) is 15.7. The van der Waals surface area contributed by atoms with E-state index in [-0.39, 0.29) is 11.9 Å². The van der Waals surface area contributed by atoms with Gasteiger partial charge in [-0.2, -0.15) is 0 Å². The molecule has 0 bridgehead atoms. The summed E-state index contributed by atoms with van der Waals surface area (Å²) in [7, 11) is 0. The van der Waals surface area contributed by atoms with Gasteiger partial charge in [0.05, 0.1) is 6.61 Å². The van der Waals surface area contributed by atoms with Gasteiger partial charge in [0.1, 0.15) is 17.7 Å². The van der Waals surface area contributed by atoms with E-state index in [2.05, 4.69) is 24.5 Å². The van der Waals surface area contributed by atoms with E-state index in [0.29, 0.717) is 13.0 Å². The number of unbranched alkanes of at least 4 members (excludes halogenated alkanes) is 3. The van der Waals surface area contributed by atoms with Gasteiger partial charge in [-0.3, -0.25) is 9.59 Å². The summed E-state index contributed by atoms with van der Waals surface area (Å²) in [4.78, 5) is 41.6. The lowest BCUT2D eigenvalue weighted by Gasteiger charge is -2.35. The molecule has 37 heavy (non-hydrogen) atoms. The summed E-state index contributed by atoms with van der Waals surface area (Å²) in [5.41, 5.74) is 1.92. The number of amides is 3. The third-order valence-corrected chi connectivity index (χ3v) is 6.10. The van der Waals surface area contributed by atoms with Crippen LogP contribution in [0, 0.1) is 13.8 Å². The van der Waals surface area contributed by atoms with Crippen molar-refractivity contribution in [2.45, 2.75) is 118 Å². The number of aliphatic hydroxyl groups excluding tert-OH is 1. The topological polar surface area (TPSA) is 108 Å². The molecule has 0 fully saturated rings. The molecular weight excluding hydrogens is 470 g/mol. The minimum absolute atomic E-state index is 0.0590. The number of alkyl carbamates (subject to hydrolysis) is 1. The van der Waals surface area contributed by atoms with Crippen molar-refractivity contribution in [1.29, 1.82) is 0 Å². The Hall–Kier alpha value is -2.61. The van der Waals surface area contributed by atoms with Crippen molar-refractivity contribution < 1.29 is 24.2 Å². The predicted octanol–water partition coefficient (Wildman–Crippen LogP) is 4.94. The minimum Gasteiger partial charge on any atom is -0.444 e. The highest BCUT2D eigenvalue weighted by molar-refractivity contribution is 5.92. The molecule has 1 aromatic rings. The number of aliphatic hydroxyl groups is 1. The molecule has 1 rings (SSSR count). The van der Waals surface area contributed by atoms with E-state index in [1.807, 2.05) is 39.0 Å². The molecule has 0 aliphatic rings. The smallest absolute Gasteiger partial charge is 0.408 e. The number of benzene rings is 1. The van der Waals surface area contributed by atoms with Gasteiger partial charge in [0.25, 0.3) is 0 Å². The van der Waals surface area contributed by atoms with Crippen LogP contribution in [0.4, 0.5) is 4.79 Å². The molecule has 3 unspecified atom stereocenters. The second kappa shape index (κ2) is 15.6. The molecule has 0 aromatic heterocycles. The van der Waals surface area contributed by atoms with E-state index in [4.69, 9.17) is 4.74 Å². The average Bonchev–Trinajstić information content (AvgIpc) is 2.78. The number of aryl methyl sites for hydroxylation is 2. The van der Waals surface area contributed by atoms with E-state index in [1.165, 1.54) is 4.90 Å². The number of ether oxygens (including phenoxy) is 1. The van der Waals surface area contributed by atoms with Crippen LogP contribution in [0.15, 0.2) is 18.2 Å². The lowest BCUT2D eigenvalue weighted by Crippen LogP contribution is -2.55. The molecular formula is C29H49N3O5. The first kappa shape index (κ1) is 32.4. The van der Waals surface area contributed by atoms with Crippen LogP contribution in [0.1, 0.15) is 103 Å². The second-order valence-electron chi connectivity index (χ2n) is 10.9. The summed E-state index contributed by atoms with van der Waals surface area (Å²) in [6.45, 7) is 14.9. The molecule has 8 nitrogen and oxygen atoms in total. The summed E-state index contributed by atoms with van der Waals surface area (Å²) in [5.74, 6) is -0.793. The molecule has 1 aromatic carbocycles. The monoisotopic (exact) mass is 519 g/mol. The Morgan fingerprint density at radius 3 is 2.24 bits per heavy atom. The van der Waals surface area contributed by atoms with Crippen LogP contribution < -0.4 is 10.6 Å². The fourth-order valence-corrected chi connectivity index (χ4v) is 4.32. The van der Waals surface area contributed by atoms with Gasteiger partial charge in [-0.1, -0.05) is 63.3 Å². The third-order valence-electron chi connectivity index (χ3n) is 6.10. The van der Waals surface area contributed by atoms with Crippen molar-refractivity contribution in [3.05, 3.63) is 34.9 Å². The number of hydrogen-bond donors (Lipinski definition) is 3. The van der Waals surface area contributed by atoms with Gasteiger partial charge in [-0.05, 0) is 65.5 Å². The van der Waals surface area contributed by atoms with Gasteiger partial charge in [0.15, 0.2) is 0 Å². The maximum Gasteiger partial charge on any atom is 0.408 e. The Balaban J connectivity index is 3.46. The maximum atomic E-state index is 13.9. The largest absolute Gasteiger partial charge is 0.444 e. The molecule has 0 saturated carbocycles. The van der Waals surface area contributed by atoms with Crippen molar-refractivity contribution in [2.75, 3.05) is 13.2 Å². The van der Waals surface area contributed by atoms with Gasteiger partial charge in [-0.15, -0.1) is 0 Å². The van der Waals surface area contributed by atoms with Gasteiger partial charge >= 0.3 is 6.09 Å². The average molecular weight is 520 g/mol. The van der Waals surface area contributed by atoms with Gasteiger partial charge in [-0.25, -0.2) is 4.79 Å². The van der Waals surface area contributed by atoms with Crippen molar-refractivity contribution in [1.82, 2.24) is 15.5 Å². The quantitative estimate of drug-likeness (QED) is 0.302. The lowest BCUT2D eigenvalue weighted by atomic mass is 9.95. The van der Waals surface area contributed by atoms with E-state index >= 15 is 0 Å². The molecule has 0 aliphatic carbocycles. The number of nitrogens with zero attached hydrogens (tertiary/aromatic N) is 1. The van der Waals surface area contributed by atoms with Crippen molar-refractivity contribution >= 4 is 17.9 Å². The third kappa shape index (κ3) is 11.1. The van der Waals surface area contributed by atoms with Crippen molar-refractivity contribution in [3.63, 3.8) is 0 Å². The van der Waals surface area contributed by atoms with Crippen molar-refractivity contribution in [2.24, 2.45) is 0 Å². The highest BCUT2D eigenvalue weighted by Crippen LogP contribution is 2.27. The lowest BCUT2D eigenvalue weighted by molar-refractivity contribution is -0.143. The molecule has 210 valence electrons. The first-order chi connectivity index (χ1) is 17.3. The second-order valence-corrected chi connectivity index (χ2v) is 10.9. The summed E-state index contributed by atoms with van der Waals surface area (Å²) in [6.07, 6.45) is 4.57. The van der Waals surface area contributed by atoms with E-state index in [1.54, 1.807) is 20.8 Å². The molecule has 0 spiro atoms. The zero-order valence-corrected chi connectivity index (χ0v) is 24.1. The van der Waals surface area contributed by atoms with Crippen LogP contribution in [-0.2, 0) is 14.3 Å². The van der Waals surface area contributed by atoms with E-state index in [9.17, 15) is 19.5 Å². The number of carbonyl (C=O) groups excluding carboxylic acids is 3. The summed E-state index contributed by atoms with van der Waals surface area (Å²) < 4.78 is 5.31. The molecule has 3 amide bonds. The molecule has 8 heteroatoms. The predicted molar refractivity (Wildman–Crippen MR) is 147 cm³/mol. The van der Waals surface area contributed by atoms with Gasteiger partial charge in [0, 0.05) is 12.6 Å². The van der Waals surface area contributed by atoms with Crippen LogP contribution in [-0.4, -0.2) is 58.8 Å². The first-order valence-corrected chi connectivity index (χ1v) is 13.6. The Labute approximate surface area is 223 Å². The molecule has 3 N–H and O–H groups in total. The summed E-state index contributed by atoms with van der Waals surface area (Å²) in [6, 6.07) is 3.61. The molecule has 3 atom stereocenters. The first-order valence-electron chi connectivity index (χ1n) is 13.6. The summed E-state index contributed by atoms with van der Waals surface area (Å²) >= 11 is 0. The highest BCUT2D eigenvalue weighted by Gasteiger charge is 2.36. The van der Waals surface area contributed by atoms with Crippen LogP contribution in [0.25, 0.3) is 0 Å². The van der Waals surface area contributed by atoms with E-state index < -0.39 is 36.3 Å². The fraction of sp³-hybridized carbons (Fsp3) is 0.690. The normalized spacial score (nSPS) is 13.9. The molecule has 0 aliphatic heterocycles. The molecule has 0 heterocycles.